The molecule has 2 rings (SSSR count). The van der Waals surface area contributed by atoms with Crippen molar-refractivity contribution in [3.8, 4) is 0 Å². The molecule has 2 aromatic rings. The Bertz CT molecular complexity index is 486. The lowest BCUT2D eigenvalue weighted by Crippen LogP contribution is -1.88. The van der Waals surface area contributed by atoms with Crippen LogP contribution in [0.5, 0.6) is 0 Å². The lowest BCUT2D eigenvalue weighted by molar-refractivity contribution is 0.376. The van der Waals surface area contributed by atoms with Gasteiger partial charge in [-0.25, -0.2) is 0 Å². The van der Waals surface area contributed by atoms with Crippen molar-refractivity contribution < 1.29 is 4.52 Å². The molecule has 0 radical (unpaired) electrons. The van der Waals surface area contributed by atoms with E-state index in [9.17, 15) is 0 Å². The Labute approximate surface area is 103 Å². The fourth-order valence-corrected chi connectivity index (χ4v) is 2.49. The van der Waals surface area contributed by atoms with Gasteiger partial charge < -0.3 is 4.52 Å². The predicted molar refractivity (Wildman–Crippen MR) is 64.8 cm³/mol. The minimum absolute atomic E-state index is 0.125. The second-order valence-electron chi connectivity index (χ2n) is 3.40. The number of thioether (sulfide) groups is 1. The van der Waals surface area contributed by atoms with Crippen molar-refractivity contribution >= 4 is 23.4 Å². The first-order valence-corrected chi connectivity index (χ1v) is 6.13. The molecule has 0 bridgehead atoms. The van der Waals surface area contributed by atoms with Crippen molar-refractivity contribution in [1.29, 1.82) is 0 Å². The van der Waals surface area contributed by atoms with Crippen molar-refractivity contribution in [1.82, 2.24) is 10.1 Å². The van der Waals surface area contributed by atoms with Crippen LogP contribution in [-0.2, 0) is 0 Å². The second kappa shape index (κ2) is 4.89. The van der Waals surface area contributed by atoms with E-state index in [-0.39, 0.29) is 5.25 Å². The van der Waals surface area contributed by atoms with Gasteiger partial charge in [-0.2, -0.15) is 4.98 Å². The average molecular weight is 255 g/mol. The maximum atomic E-state index is 5.91. The topological polar surface area (TPSA) is 38.9 Å². The third-order valence-electron chi connectivity index (χ3n) is 2.00. The van der Waals surface area contributed by atoms with E-state index in [2.05, 4.69) is 10.1 Å². The van der Waals surface area contributed by atoms with Gasteiger partial charge in [-0.3, -0.25) is 0 Å². The lowest BCUT2D eigenvalue weighted by atomic mass is 10.4. The van der Waals surface area contributed by atoms with E-state index in [1.54, 1.807) is 11.8 Å². The van der Waals surface area contributed by atoms with Crippen molar-refractivity contribution in [2.24, 2.45) is 0 Å². The summed E-state index contributed by atoms with van der Waals surface area (Å²) in [4.78, 5) is 5.29. The van der Waals surface area contributed by atoms with Crippen molar-refractivity contribution in [2.75, 3.05) is 0 Å². The van der Waals surface area contributed by atoms with Crippen LogP contribution in [0.25, 0.3) is 0 Å². The standard InChI is InChI=1S/C11H11ClN2OS/c1-7(11-13-8(2)14-15-11)16-10-5-3-4-9(12)6-10/h3-7H,1-2H3/t7-/m1/s1. The highest BCUT2D eigenvalue weighted by Crippen LogP contribution is 2.34. The van der Waals surface area contributed by atoms with Gasteiger partial charge in [-0.05, 0) is 32.0 Å². The van der Waals surface area contributed by atoms with Crippen LogP contribution in [0.4, 0.5) is 0 Å². The molecule has 0 saturated heterocycles. The number of hydrogen-bond acceptors (Lipinski definition) is 4. The number of nitrogens with zero attached hydrogens (tertiary/aromatic N) is 2. The third-order valence-corrected chi connectivity index (χ3v) is 3.32. The molecule has 0 aliphatic carbocycles. The summed E-state index contributed by atoms with van der Waals surface area (Å²) in [6.07, 6.45) is 0. The van der Waals surface area contributed by atoms with Gasteiger partial charge >= 0.3 is 0 Å². The van der Waals surface area contributed by atoms with Crippen LogP contribution in [0.3, 0.4) is 0 Å². The van der Waals surface area contributed by atoms with Gasteiger partial charge in [0, 0.05) is 9.92 Å². The molecule has 0 fully saturated rings. The Balaban J connectivity index is 2.10. The summed E-state index contributed by atoms with van der Waals surface area (Å²) in [5, 5.41) is 4.63. The zero-order valence-corrected chi connectivity index (χ0v) is 10.5. The molecule has 84 valence electrons. The van der Waals surface area contributed by atoms with Crippen LogP contribution in [0.2, 0.25) is 5.02 Å². The number of halogens is 1. The quantitative estimate of drug-likeness (QED) is 0.779. The van der Waals surface area contributed by atoms with Gasteiger partial charge in [0.25, 0.3) is 0 Å². The maximum Gasteiger partial charge on any atom is 0.239 e. The monoisotopic (exact) mass is 254 g/mol. The van der Waals surface area contributed by atoms with E-state index >= 15 is 0 Å². The molecule has 0 spiro atoms. The Morgan fingerprint density at radius 3 is 2.88 bits per heavy atom. The molecule has 1 heterocycles. The number of aromatic nitrogens is 2. The molecular weight excluding hydrogens is 244 g/mol. The molecule has 1 aromatic carbocycles. The van der Waals surface area contributed by atoms with Gasteiger partial charge in [0.1, 0.15) is 0 Å². The smallest absolute Gasteiger partial charge is 0.239 e. The molecule has 0 amide bonds. The number of rotatable bonds is 3. The van der Waals surface area contributed by atoms with E-state index < -0.39 is 0 Å². The summed E-state index contributed by atoms with van der Waals surface area (Å²) in [6, 6.07) is 7.71. The molecule has 1 atom stereocenters. The first kappa shape index (κ1) is 11.5. The molecule has 5 heteroatoms. The summed E-state index contributed by atoms with van der Waals surface area (Å²) in [5.41, 5.74) is 0. The summed E-state index contributed by atoms with van der Waals surface area (Å²) in [6.45, 7) is 3.84. The molecule has 16 heavy (non-hydrogen) atoms. The van der Waals surface area contributed by atoms with Gasteiger partial charge in [-0.15, -0.1) is 11.8 Å². The Morgan fingerprint density at radius 2 is 2.25 bits per heavy atom. The molecular formula is C11H11ClN2OS. The van der Waals surface area contributed by atoms with Crippen LogP contribution in [0, 0.1) is 6.92 Å². The fraction of sp³-hybridized carbons (Fsp3) is 0.273. The van der Waals surface area contributed by atoms with Gasteiger partial charge in [0.15, 0.2) is 5.82 Å². The van der Waals surface area contributed by atoms with E-state index in [4.69, 9.17) is 16.1 Å². The van der Waals surface area contributed by atoms with Crippen molar-refractivity contribution in [3.63, 3.8) is 0 Å². The van der Waals surface area contributed by atoms with Crippen LogP contribution in [0.15, 0.2) is 33.7 Å². The van der Waals surface area contributed by atoms with Crippen LogP contribution in [-0.4, -0.2) is 10.1 Å². The summed E-state index contributed by atoms with van der Waals surface area (Å²) in [5.74, 6) is 1.30. The Morgan fingerprint density at radius 1 is 1.44 bits per heavy atom. The lowest BCUT2D eigenvalue weighted by Gasteiger charge is -2.06. The number of benzene rings is 1. The molecule has 0 saturated carbocycles. The Hall–Kier alpha value is -1.00. The van der Waals surface area contributed by atoms with Crippen molar-refractivity contribution in [2.45, 2.75) is 24.0 Å². The molecule has 0 N–H and O–H groups in total. The third kappa shape index (κ3) is 2.77. The minimum Gasteiger partial charge on any atom is -0.338 e. The molecule has 3 nitrogen and oxygen atoms in total. The van der Waals surface area contributed by atoms with Crippen molar-refractivity contribution in [3.05, 3.63) is 41.0 Å². The number of hydrogen-bond donors (Lipinski definition) is 0. The Kier molecular flexibility index (Phi) is 3.51. The maximum absolute atomic E-state index is 5.91. The fourth-order valence-electron chi connectivity index (χ4n) is 1.27. The highest BCUT2D eigenvalue weighted by Gasteiger charge is 2.14. The van der Waals surface area contributed by atoms with Gasteiger partial charge in [0.2, 0.25) is 5.89 Å². The number of aryl methyl sites for hydroxylation is 1. The summed E-state index contributed by atoms with van der Waals surface area (Å²) in [7, 11) is 0. The first-order chi connectivity index (χ1) is 7.65. The average Bonchev–Trinajstić information content (AvgIpc) is 2.65. The summed E-state index contributed by atoms with van der Waals surface area (Å²) < 4.78 is 5.11. The van der Waals surface area contributed by atoms with Crippen LogP contribution < -0.4 is 0 Å². The largest absolute Gasteiger partial charge is 0.338 e. The van der Waals surface area contributed by atoms with E-state index in [0.717, 1.165) is 9.92 Å². The van der Waals surface area contributed by atoms with Crippen LogP contribution in [0.1, 0.15) is 23.9 Å². The van der Waals surface area contributed by atoms with E-state index in [1.807, 2.05) is 38.1 Å². The second-order valence-corrected chi connectivity index (χ2v) is 5.25. The molecule has 0 unspecified atom stereocenters. The highest BCUT2D eigenvalue weighted by molar-refractivity contribution is 7.99. The zero-order chi connectivity index (χ0) is 11.5. The predicted octanol–water partition coefficient (Wildman–Crippen LogP) is 3.88. The normalized spacial score (nSPS) is 12.7. The zero-order valence-electron chi connectivity index (χ0n) is 8.98. The van der Waals surface area contributed by atoms with Crippen LogP contribution >= 0.6 is 23.4 Å². The SMILES string of the molecule is Cc1noc([C@@H](C)Sc2cccc(Cl)c2)n1. The summed E-state index contributed by atoms with van der Waals surface area (Å²) >= 11 is 7.56. The first-order valence-electron chi connectivity index (χ1n) is 4.87. The van der Waals surface area contributed by atoms with E-state index in [1.165, 1.54) is 0 Å². The molecule has 1 aromatic heterocycles. The minimum atomic E-state index is 0.125. The molecule has 0 aliphatic rings. The highest BCUT2D eigenvalue weighted by atomic mass is 35.5. The molecule has 0 aliphatic heterocycles. The van der Waals surface area contributed by atoms with Gasteiger partial charge in [-0.1, -0.05) is 22.8 Å². The van der Waals surface area contributed by atoms with E-state index in [0.29, 0.717) is 11.7 Å². The van der Waals surface area contributed by atoms with Gasteiger partial charge in [0.05, 0.1) is 5.25 Å².